The van der Waals surface area contributed by atoms with Crippen molar-refractivity contribution in [1.82, 2.24) is 4.90 Å². The van der Waals surface area contributed by atoms with Crippen molar-refractivity contribution in [2.45, 2.75) is 64.6 Å². The molecular formula is C20H28ClN3OS. The van der Waals surface area contributed by atoms with Gasteiger partial charge in [-0.05, 0) is 37.5 Å². The molecule has 6 heteroatoms. The summed E-state index contributed by atoms with van der Waals surface area (Å²) < 4.78 is 0. The lowest BCUT2D eigenvalue weighted by molar-refractivity contribution is -0.117. The monoisotopic (exact) mass is 393 g/mol. The van der Waals surface area contributed by atoms with Gasteiger partial charge in [0.1, 0.15) is 6.17 Å². The van der Waals surface area contributed by atoms with Gasteiger partial charge in [0, 0.05) is 19.7 Å². The maximum atomic E-state index is 12.4. The minimum atomic E-state index is -0.0535. The van der Waals surface area contributed by atoms with Gasteiger partial charge in [0.05, 0.1) is 16.8 Å². The number of carbonyl (C=O) groups is 1. The highest BCUT2D eigenvalue weighted by atomic mass is 35.5. The number of rotatable bonds is 3. The third-order valence-corrected chi connectivity index (χ3v) is 6.65. The first-order valence-electron chi connectivity index (χ1n) is 9.46. The van der Waals surface area contributed by atoms with Crippen LogP contribution in [0.15, 0.2) is 23.2 Å². The Morgan fingerprint density at radius 2 is 1.96 bits per heavy atom. The predicted molar refractivity (Wildman–Crippen MR) is 112 cm³/mol. The summed E-state index contributed by atoms with van der Waals surface area (Å²) in [5.74, 6) is 0.815. The Balaban J connectivity index is 1.82. The molecule has 1 aliphatic heterocycles. The van der Waals surface area contributed by atoms with Gasteiger partial charge in [-0.1, -0.05) is 55.1 Å². The Labute approximate surface area is 166 Å². The number of thioether (sulfide) groups is 1. The van der Waals surface area contributed by atoms with Gasteiger partial charge in [0.2, 0.25) is 5.91 Å². The average molecular weight is 394 g/mol. The number of aryl methyl sites for hydroxylation is 1. The highest BCUT2D eigenvalue weighted by molar-refractivity contribution is 8.14. The van der Waals surface area contributed by atoms with Gasteiger partial charge < -0.3 is 4.90 Å². The summed E-state index contributed by atoms with van der Waals surface area (Å²) in [6.07, 6.45) is 7.53. The molecule has 1 saturated carbocycles. The maximum absolute atomic E-state index is 12.4. The molecule has 1 heterocycles. The number of carbonyl (C=O) groups excluding carboxylic acids is 1. The van der Waals surface area contributed by atoms with E-state index in [9.17, 15) is 4.79 Å². The molecule has 2 fully saturated rings. The van der Waals surface area contributed by atoms with Gasteiger partial charge in [-0.2, -0.15) is 0 Å². The minimum absolute atomic E-state index is 0.00363. The molecule has 142 valence electrons. The van der Waals surface area contributed by atoms with Crippen LogP contribution >= 0.6 is 23.4 Å². The zero-order valence-electron chi connectivity index (χ0n) is 15.9. The number of hydrogen-bond acceptors (Lipinski definition) is 3. The van der Waals surface area contributed by atoms with Crippen molar-refractivity contribution < 1.29 is 4.79 Å². The van der Waals surface area contributed by atoms with E-state index in [-0.39, 0.29) is 12.1 Å². The van der Waals surface area contributed by atoms with Crippen LogP contribution in [0.5, 0.6) is 0 Å². The largest absolute Gasteiger partial charge is 0.333 e. The van der Waals surface area contributed by atoms with Crippen molar-refractivity contribution in [2.24, 2.45) is 4.99 Å². The summed E-state index contributed by atoms with van der Waals surface area (Å²) in [6.45, 7) is 3.61. The van der Waals surface area contributed by atoms with Crippen LogP contribution in [0, 0.1) is 6.92 Å². The molecule has 3 rings (SSSR count). The first-order chi connectivity index (χ1) is 12.5. The molecule has 1 aromatic carbocycles. The molecule has 1 aliphatic carbocycles. The highest BCUT2D eigenvalue weighted by Crippen LogP contribution is 2.34. The van der Waals surface area contributed by atoms with E-state index in [1.807, 2.05) is 37.1 Å². The molecule has 2 aliphatic rings. The van der Waals surface area contributed by atoms with Crippen LogP contribution in [-0.4, -0.2) is 41.0 Å². The van der Waals surface area contributed by atoms with Crippen LogP contribution in [0.1, 0.15) is 51.0 Å². The lowest BCUT2D eigenvalue weighted by Gasteiger charge is -2.33. The SMILES string of the molecule is CC(=O)N(c1ccc(C)cc1Cl)C1CSC(=NC2CCCCCC2)N1C. The van der Waals surface area contributed by atoms with Crippen LogP contribution in [-0.2, 0) is 4.79 Å². The number of amidine groups is 1. The molecule has 0 bridgehead atoms. The zero-order valence-corrected chi connectivity index (χ0v) is 17.4. The average Bonchev–Trinajstić information content (AvgIpc) is 2.79. The fourth-order valence-electron chi connectivity index (χ4n) is 3.76. The van der Waals surface area contributed by atoms with E-state index in [1.54, 1.807) is 18.7 Å². The van der Waals surface area contributed by atoms with Gasteiger partial charge in [-0.25, -0.2) is 0 Å². The summed E-state index contributed by atoms with van der Waals surface area (Å²) in [4.78, 5) is 21.4. The van der Waals surface area contributed by atoms with Gasteiger partial charge in [0.15, 0.2) is 5.17 Å². The van der Waals surface area contributed by atoms with E-state index in [0.29, 0.717) is 11.1 Å². The van der Waals surface area contributed by atoms with E-state index >= 15 is 0 Å². The van der Waals surface area contributed by atoms with Crippen LogP contribution < -0.4 is 4.90 Å². The Kier molecular flexibility index (Phi) is 6.51. The van der Waals surface area contributed by atoms with Gasteiger partial charge in [-0.15, -0.1) is 0 Å². The Bertz CT molecular complexity index is 686. The number of benzene rings is 1. The van der Waals surface area contributed by atoms with Crippen LogP contribution in [0.25, 0.3) is 0 Å². The van der Waals surface area contributed by atoms with E-state index < -0.39 is 0 Å². The number of anilines is 1. The number of hydrogen-bond donors (Lipinski definition) is 0. The van der Waals surface area contributed by atoms with E-state index in [2.05, 4.69) is 4.90 Å². The summed E-state index contributed by atoms with van der Waals surface area (Å²) in [5.41, 5.74) is 1.87. The van der Waals surface area contributed by atoms with E-state index in [0.717, 1.165) is 22.2 Å². The minimum Gasteiger partial charge on any atom is -0.333 e. The molecule has 4 nitrogen and oxygen atoms in total. The summed E-state index contributed by atoms with van der Waals surface area (Å²) in [7, 11) is 2.04. The second-order valence-electron chi connectivity index (χ2n) is 7.30. The van der Waals surface area contributed by atoms with Crippen LogP contribution in [0.4, 0.5) is 5.69 Å². The molecule has 1 saturated heterocycles. The van der Waals surface area contributed by atoms with E-state index in [1.165, 1.54) is 38.5 Å². The number of nitrogens with zero attached hydrogens (tertiary/aromatic N) is 3. The van der Waals surface area contributed by atoms with Crippen molar-refractivity contribution >= 4 is 40.1 Å². The zero-order chi connectivity index (χ0) is 18.7. The van der Waals surface area contributed by atoms with Gasteiger partial charge >= 0.3 is 0 Å². The molecule has 0 spiro atoms. The lowest BCUT2D eigenvalue weighted by atomic mass is 10.1. The third kappa shape index (κ3) is 4.37. The van der Waals surface area contributed by atoms with Crippen molar-refractivity contribution in [2.75, 3.05) is 17.7 Å². The number of amides is 1. The normalized spacial score (nSPS) is 23.3. The van der Waals surface area contributed by atoms with Crippen LogP contribution in [0.3, 0.4) is 0 Å². The first kappa shape index (κ1) is 19.6. The maximum Gasteiger partial charge on any atom is 0.225 e. The molecule has 0 radical (unpaired) electrons. The number of aliphatic imine (C=N–C) groups is 1. The fourth-order valence-corrected chi connectivity index (χ4v) is 5.30. The molecule has 1 unspecified atom stereocenters. The topological polar surface area (TPSA) is 35.9 Å². The van der Waals surface area contributed by atoms with Crippen LogP contribution in [0.2, 0.25) is 5.02 Å². The quantitative estimate of drug-likeness (QED) is 0.671. The van der Waals surface area contributed by atoms with Crippen molar-refractivity contribution in [1.29, 1.82) is 0 Å². The Morgan fingerprint density at radius 1 is 1.27 bits per heavy atom. The van der Waals surface area contributed by atoms with Crippen molar-refractivity contribution in [3.63, 3.8) is 0 Å². The standard InChI is InChI=1S/C20H28ClN3OS/c1-14-10-11-18(17(21)12-14)24(15(2)25)19-13-26-20(23(19)3)22-16-8-6-4-5-7-9-16/h10-12,16,19H,4-9,13H2,1-3H3. The molecule has 0 N–H and O–H groups in total. The Morgan fingerprint density at radius 3 is 2.58 bits per heavy atom. The molecule has 0 aromatic heterocycles. The second kappa shape index (κ2) is 8.66. The lowest BCUT2D eigenvalue weighted by Crippen LogP contribution is -2.48. The van der Waals surface area contributed by atoms with Gasteiger partial charge in [-0.3, -0.25) is 14.7 Å². The molecule has 1 amide bonds. The summed E-state index contributed by atoms with van der Waals surface area (Å²) >= 11 is 8.20. The van der Waals surface area contributed by atoms with Crippen molar-refractivity contribution in [3.05, 3.63) is 28.8 Å². The second-order valence-corrected chi connectivity index (χ2v) is 8.70. The predicted octanol–water partition coefficient (Wildman–Crippen LogP) is 5.08. The third-order valence-electron chi connectivity index (χ3n) is 5.23. The molecule has 1 aromatic rings. The van der Waals surface area contributed by atoms with Gasteiger partial charge in [0.25, 0.3) is 0 Å². The summed E-state index contributed by atoms with van der Waals surface area (Å²) in [5, 5.41) is 1.67. The molecule has 26 heavy (non-hydrogen) atoms. The number of halogens is 1. The molecular weight excluding hydrogens is 366 g/mol. The highest BCUT2D eigenvalue weighted by Gasteiger charge is 2.35. The fraction of sp³-hybridized carbons (Fsp3) is 0.600. The summed E-state index contributed by atoms with van der Waals surface area (Å²) in [6, 6.07) is 6.28. The first-order valence-corrected chi connectivity index (χ1v) is 10.8. The Hall–Kier alpha value is -1.20. The smallest absolute Gasteiger partial charge is 0.225 e. The van der Waals surface area contributed by atoms with E-state index in [4.69, 9.17) is 16.6 Å². The van der Waals surface area contributed by atoms with Crippen molar-refractivity contribution in [3.8, 4) is 0 Å². The molecule has 1 atom stereocenters.